The number of rotatable bonds is 4. The second-order valence-electron chi connectivity index (χ2n) is 5.55. The molecule has 128 valence electrons. The number of halogens is 1. The third-order valence-corrected chi connectivity index (χ3v) is 5.11. The first-order valence-electron chi connectivity index (χ1n) is 7.67. The molecule has 1 unspecified atom stereocenters. The molecule has 0 radical (unpaired) electrons. The number of thioether (sulfide) groups is 1. The molecule has 3 rings (SSSR count). The van der Waals surface area contributed by atoms with Gasteiger partial charge >= 0.3 is 0 Å². The second kappa shape index (κ2) is 7.72. The van der Waals surface area contributed by atoms with Gasteiger partial charge in [0.25, 0.3) is 0 Å². The van der Waals surface area contributed by atoms with E-state index in [1.807, 2.05) is 30.3 Å². The van der Waals surface area contributed by atoms with Gasteiger partial charge in [0.1, 0.15) is 0 Å². The molecule has 1 atom stereocenters. The molecular formula is C18H16ClN3O2S. The number of carbonyl (C=O) groups is 2. The number of primary amides is 1. The van der Waals surface area contributed by atoms with Crippen molar-refractivity contribution in [2.75, 3.05) is 0 Å². The Bertz CT molecular complexity index is 826. The predicted molar refractivity (Wildman–Crippen MR) is 101 cm³/mol. The lowest BCUT2D eigenvalue weighted by molar-refractivity contribution is -0.130. The SMILES string of the molecule is NC(=O)C1CC(=O)N(Cc2ccccc2)C(=Nc2cccc(Cl)c2)S1. The van der Waals surface area contributed by atoms with E-state index in [1.165, 1.54) is 11.8 Å². The number of benzene rings is 2. The summed E-state index contributed by atoms with van der Waals surface area (Å²) < 4.78 is 0. The van der Waals surface area contributed by atoms with Gasteiger partial charge in [0.05, 0.1) is 17.5 Å². The van der Waals surface area contributed by atoms with Crippen LogP contribution in [0.15, 0.2) is 59.6 Å². The molecule has 0 saturated carbocycles. The van der Waals surface area contributed by atoms with E-state index in [0.29, 0.717) is 22.4 Å². The van der Waals surface area contributed by atoms with Gasteiger partial charge in [-0.3, -0.25) is 14.5 Å². The summed E-state index contributed by atoms with van der Waals surface area (Å²) in [4.78, 5) is 30.3. The molecule has 2 N–H and O–H groups in total. The Balaban J connectivity index is 1.94. The van der Waals surface area contributed by atoms with Crippen LogP contribution in [0.5, 0.6) is 0 Å². The van der Waals surface area contributed by atoms with Crippen molar-refractivity contribution in [2.45, 2.75) is 18.2 Å². The number of amidine groups is 1. The molecule has 0 aliphatic carbocycles. The van der Waals surface area contributed by atoms with Gasteiger partial charge in [0.15, 0.2) is 5.17 Å². The van der Waals surface area contributed by atoms with Crippen LogP contribution in [0.3, 0.4) is 0 Å². The van der Waals surface area contributed by atoms with Crippen molar-refractivity contribution >= 4 is 46.0 Å². The van der Waals surface area contributed by atoms with Crippen molar-refractivity contribution in [3.05, 3.63) is 65.2 Å². The number of carbonyl (C=O) groups excluding carboxylic acids is 2. The Hall–Kier alpha value is -2.31. The van der Waals surface area contributed by atoms with Crippen molar-refractivity contribution in [3.63, 3.8) is 0 Å². The average molecular weight is 374 g/mol. The highest BCUT2D eigenvalue weighted by Gasteiger charge is 2.34. The molecule has 1 saturated heterocycles. The number of hydrogen-bond acceptors (Lipinski definition) is 4. The molecule has 1 fully saturated rings. The topological polar surface area (TPSA) is 75.8 Å². The van der Waals surface area contributed by atoms with Gasteiger partial charge in [0, 0.05) is 11.4 Å². The highest BCUT2D eigenvalue weighted by Crippen LogP contribution is 2.30. The molecule has 2 aromatic rings. The minimum absolute atomic E-state index is 0.0708. The number of aliphatic imine (C=N–C) groups is 1. The fourth-order valence-corrected chi connectivity index (χ4v) is 3.66. The molecule has 25 heavy (non-hydrogen) atoms. The molecule has 7 heteroatoms. The fourth-order valence-electron chi connectivity index (χ4n) is 2.43. The number of nitrogens with zero attached hydrogens (tertiary/aromatic N) is 2. The normalized spacial score (nSPS) is 19.2. The highest BCUT2D eigenvalue weighted by molar-refractivity contribution is 8.15. The van der Waals surface area contributed by atoms with E-state index >= 15 is 0 Å². The Morgan fingerprint density at radius 2 is 2.00 bits per heavy atom. The molecule has 1 heterocycles. The van der Waals surface area contributed by atoms with E-state index in [9.17, 15) is 9.59 Å². The van der Waals surface area contributed by atoms with E-state index < -0.39 is 11.2 Å². The molecule has 1 aliphatic heterocycles. The van der Waals surface area contributed by atoms with Gasteiger partial charge < -0.3 is 5.73 Å². The summed E-state index contributed by atoms with van der Waals surface area (Å²) in [5.41, 5.74) is 7.00. The van der Waals surface area contributed by atoms with Crippen molar-refractivity contribution in [3.8, 4) is 0 Å². The molecule has 0 spiro atoms. The molecule has 1 aliphatic rings. The lowest BCUT2D eigenvalue weighted by Crippen LogP contribution is -2.45. The van der Waals surface area contributed by atoms with Crippen LogP contribution in [-0.2, 0) is 16.1 Å². The number of hydrogen-bond donors (Lipinski definition) is 1. The molecule has 5 nitrogen and oxygen atoms in total. The van der Waals surface area contributed by atoms with Crippen LogP contribution in [-0.4, -0.2) is 27.1 Å². The molecule has 0 bridgehead atoms. The first kappa shape index (κ1) is 17.5. The maximum absolute atomic E-state index is 12.6. The summed E-state index contributed by atoms with van der Waals surface area (Å²) >= 11 is 7.21. The summed E-state index contributed by atoms with van der Waals surface area (Å²) in [5, 5.41) is 0.388. The van der Waals surface area contributed by atoms with E-state index in [-0.39, 0.29) is 12.3 Å². The monoisotopic (exact) mass is 373 g/mol. The van der Waals surface area contributed by atoms with Crippen LogP contribution >= 0.6 is 23.4 Å². The van der Waals surface area contributed by atoms with Gasteiger partial charge in [-0.05, 0) is 23.8 Å². The summed E-state index contributed by atoms with van der Waals surface area (Å²) in [6.45, 7) is 0.386. The second-order valence-corrected chi connectivity index (χ2v) is 7.16. The molecule has 0 aromatic heterocycles. The van der Waals surface area contributed by atoms with Gasteiger partial charge in [-0.1, -0.05) is 59.8 Å². The highest BCUT2D eigenvalue weighted by atomic mass is 35.5. The van der Waals surface area contributed by atoms with E-state index in [1.54, 1.807) is 29.2 Å². The Morgan fingerprint density at radius 1 is 1.24 bits per heavy atom. The number of amides is 2. The largest absolute Gasteiger partial charge is 0.369 e. The Kier molecular flexibility index (Phi) is 5.40. The lowest BCUT2D eigenvalue weighted by atomic mass is 10.2. The molecular weight excluding hydrogens is 358 g/mol. The minimum atomic E-state index is -0.613. The van der Waals surface area contributed by atoms with Crippen molar-refractivity contribution in [2.24, 2.45) is 10.7 Å². The standard InChI is InChI=1S/C18H16ClN3O2S/c19-13-7-4-8-14(9-13)21-18-22(11-12-5-2-1-3-6-12)16(23)10-15(25-18)17(20)24/h1-9,15H,10-11H2,(H2,20,24). The minimum Gasteiger partial charge on any atom is -0.369 e. The van der Waals surface area contributed by atoms with Gasteiger partial charge in [-0.15, -0.1) is 0 Å². The quantitative estimate of drug-likeness (QED) is 0.892. The van der Waals surface area contributed by atoms with Crippen LogP contribution in [0.4, 0.5) is 5.69 Å². The van der Waals surface area contributed by atoms with Crippen LogP contribution in [0.2, 0.25) is 5.02 Å². The molecule has 2 amide bonds. The van der Waals surface area contributed by atoms with Crippen LogP contribution in [0.25, 0.3) is 0 Å². The van der Waals surface area contributed by atoms with E-state index in [4.69, 9.17) is 17.3 Å². The van der Waals surface area contributed by atoms with Crippen LogP contribution < -0.4 is 5.73 Å². The molecule has 2 aromatic carbocycles. The zero-order valence-electron chi connectivity index (χ0n) is 13.3. The van der Waals surface area contributed by atoms with E-state index in [2.05, 4.69) is 4.99 Å². The average Bonchev–Trinajstić information content (AvgIpc) is 2.58. The lowest BCUT2D eigenvalue weighted by Gasteiger charge is -2.31. The van der Waals surface area contributed by atoms with Crippen LogP contribution in [0, 0.1) is 0 Å². The predicted octanol–water partition coefficient (Wildman–Crippen LogP) is 3.35. The Morgan fingerprint density at radius 3 is 2.68 bits per heavy atom. The van der Waals surface area contributed by atoms with Crippen molar-refractivity contribution in [1.29, 1.82) is 0 Å². The smallest absolute Gasteiger partial charge is 0.231 e. The Labute approximate surface area is 154 Å². The number of nitrogens with two attached hydrogens (primary N) is 1. The maximum Gasteiger partial charge on any atom is 0.231 e. The van der Waals surface area contributed by atoms with E-state index in [0.717, 1.165) is 5.56 Å². The zero-order valence-corrected chi connectivity index (χ0v) is 14.8. The van der Waals surface area contributed by atoms with Gasteiger partial charge in [0.2, 0.25) is 11.8 Å². The maximum atomic E-state index is 12.6. The summed E-state index contributed by atoms with van der Waals surface area (Å²) in [6, 6.07) is 16.6. The van der Waals surface area contributed by atoms with Crippen LogP contribution in [0.1, 0.15) is 12.0 Å². The van der Waals surface area contributed by atoms with Gasteiger partial charge in [-0.2, -0.15) is 0 Å². The summed E-state index contributed by atoms with van der Waals surface area (Å²) in [6.07, 6.45) is 0.0708. The third-order valence-electron chi connectivity index (χ3n) is 3.67. The van der Waals surface area contributed by atoms with Crippen molar-refractivity contribution < 1.29 is 9.59 Å². The zero-order chi connectivity index (χ0) is 17.8. The summed E-state index contributed by atoms with van der Waals surface area (Å²) in [5.74, 6) is -0.691. The first-order valence-corrected chi connectivity index (χ1v) is 8.93. The fraction of sp³-hybridized carbons (Fsp3) is 0.167. The third kappa shape index (κ3) is 4.41. The summed E-state index contributed by atoms with van der Waals surface area (Å²) in [7, 11) is 0. The van der Waals surface area contributed by atoms with Gasteiger partial charge in [-0.25, -0.2) is 4.99 Å². The van der Waals surface area contributed by atoms with Crippen molar-refractivity contribution in [1.82, 2.24) is 4.90 Å². The first-order chi connectivity index (χ1) is 12.0.